The van der Waals surface area contributed by atoms with E-state index in [1.54, 1.807) is 31.2 Å². The van der Waals surface area contributed by atoms with Crippen LogP contribution in [0.15, 0.2) is 83.8 Å². The molecule has 0 atom stereocenters. The van der Waals surface area contributed by atoms with E-state index in [1.165, 1.54) is 37.4 Å². The van der Waals surface area contributed by atoms with Gasteiger partial charge in [-0.2, -0.15) is 13.2 Å². The number of aryl methyl sites for hydroxylation is 1. The fourth-order valence-electron chi connectivity index (χ4n) is 4.12. The predicted molar refractivity (Wildman–Crippen MR) is 159 cm³/mol. The van der Waals surface area contributed by atoms with Crippen LogP contribution in [0.2, 0.25) is 5.02 Å². The Labute approximate surface area is 261 Å². The minimum atomic E-state index is -4.89. The largest absolute Gasteiger partial charge is 0.497 e. The van der Waals surface area contributed by atoms with E-state index in [0.717, 1.165) is 6.07 Å². The van der Waals surface area contributed by atoms with Crippen LogP contribution < -0.4 is 19.5 Å². The molecule has 0 saturated carbocycles. The maximum Gasteiger partial charge on any atom is 0.416 e. The average Bonchev–Trinajstić information content (AvgIpc) is 2.99. The van der Waals surface area contributed by atoms with Crippen LogP contribution >= 0.6 is 11.6 Å². The van der Waals surface area contributed by atoms with Crippen LogP contribution in [0.4, 0.5) is 23.2 Å². The second kappa shape index (κ2) is 13.7. The normalized spacial score (nSPS) is 11.6. The highest BCUT2D eigenvalue weighted by molar-refractivity contribution is 7.89. The quantitative estimate of drug-likeness (QED) is 0.139. The van der Waals surface area contributed by atoms with Crippen molar-refractivity contribution >= 4 is 39.0 Å². The molecule has 236 valence electrons. The zero-order valence-corrected chi connectivity index (χ0v) is 25.2. The molecule has 0 aromatic heterocycles. The highest BCUT2D eigenvalue weighted by Gasteiger charge is 2.32. The number of carbonyl (C=O) groups is 2. The molecule has 4 rings (SSSR count). The number of benzene rings is 4. The number of hydrogen-bond acceptors (Lipinski definition) is 6. The van der Waals surface area contributed by atoms with E-state index in [-0.39, 0.29) is 39.5 Å². The molecule has 4 aromatic rings. The molecule has 4 aromatic carbocycles. The Kier molecular flexibility index (Phi) is 10.2. The van der Waals surface area contributed by atoms with Crippen molar-refractivity contribution in [3.8, 4) is 11.5 Å². The topological polar surface area (TPSA) is 111 Å². The molecule has 0 saturated heterocycles. The Balaban J connectivity index is 1.43. The van der Waals surface area contributed by atoms with Crippen LogP contribution in [0, 0.1) is 12.7 Å². The predicted octanol–water partition coefficient (Wildman–Crippen LogP) is 6.54. The molecule has 0 fully saturated rings. The third-order valence-corrected chi connectivity index (χ3v) is 8.07. The number of anilines is 1. The van der Waals surface area contributed by atoms with Gasteiger partial charge in [0.1, 0.15) is 17.3 Å². The van der Waals surface area contributed by atoms with Crippen molar-refractivity contribution < 1.29 is 45.0 Å². The number of ketones is 1. The molecular weight excluding hydrogens is 640 g/mol. The number of carbonyl (C=O) groups excluding carboxylic acids is 2. The standard InChI is InChI=1S/C31H25ClF4N2O6S/c1-18-11-25(45(41,42)37-16-19-3-6-24(43-2)7-4-19)8-9-27(18)38-29(39)17-44-28-10-5-22(32)15-26(28)30(40)20-12-21(31(34,35)36)14-23(33)13-20/h3-15,37H,16-17H2,1-2H3,(H,38,39). The smallest absolute Gasteiger partial charge is 0.416 e. The number of sulfonamides is 1. The van der Waals surface area contributed by atoms with E-state index in [0.29, 0.717) is 29.0 Å². The van der Waals surface area contributed by atoms with Gasteiger partial charge in [-0.05, 0) is 84.8 Å². The van der Waals surface area contributed by atoms with Gasteiger partial charge in [-0.1, -0.05) is 23.7 Å². The monoisotopic (exact) mass is 664 g/mol. The van der Waals surface area contributed by atoms with E-state index in [2.05, 4.69) is 10.0 Å². The second-order valence-corrected chi connectivity index (χ2v) is 11.9. The van der Waals surface area contributed by atoms with Gasteiger partial charge in [0.25, 0.3) is 5.91 Å². The lowest BCUT2D eigenvalue weighted by Crippen LogP contribution is -2.24. The molecule has 0 heterocycles. The molecule has 45 heavy (non-hydrogen) atoms. The van der Waals surface area contributed by atoms with Gasteiger partial charge < -0.3 is 14.8 Å². The molecule has 0 aliphatic rings. The van der Waals surface area contributed by atoms with Gasteiger partial charge in [0.05, 0.1) is 23.1 Å². The molecule has 8 nitrogen and oxygen atoms in total. The Hall–Kier alpha value is -4.46. The first-order valence-electron chi connectivity index (χ1n) is 13.0. The third-order valence-electron chi connectivity index (χ3n) is 6.44. The fourth-order valence-corrected chi connectivity index (χ4v) is 5.40. The summed E-state index contributed by atoms with van der Waals surface area (Å²) in [6.07, 6.45) is -4.89. The van der Waals surface area contributed by atoms with Crippen LogP contribution in [0.3, 0.4) is 0 Å². The third kappa shape index (κ3) is 8.59. The summed E-state index contributed by atoms with van der Waals surface area (Å²) in [5, 5.41) is 2.62. The summed E-state index contributed by atoms with van der Waals surface area (Å²) in [5.41, 5.74) is -0.816. The van der Waals surface area contributed by atoms with Gasteiger partial charge in [-0.3, -0.25) is 9.59 Å². The van der Waals surface area contributed by atoms with Crippen LogP contribution in [-0.4, -0.2) is 33.8 Å². The van der Waals surface area contributed by atoms with E-state index in [4.69, 9.17) is 21.1 Å². The van der Waals surface area contributed by atoms with Gasteiger partial charge in [-0.25, -0.2) is 17.5 Å². The zero-order chi connectivity index (χ0) is 32.9. The number of amides is 1. The van der Waals surface area contributed by atoms with Crippen molar-refractivity contribution in [2.45, 2.75) is 24.5 Å². The molecule has 2 N–H and O–H groups in total. The molecule has 0 spiro atoms. The minimum absolute atomic E-state index is 0.0295. The minimum Gasteiger partial charge on any atom is -0.497 e. The summed E-state index contributed by atoms with van der Waals surface area (Å²) < 4.78 is 92.1. The number of halogens is 5. The first-order chi connectivity index (χ1) is 21.2. The van der Waals surface area contributed by atoms with Crippen LogP contribution in [0.1, 0.15) is 32.6 Å². The molecule has 0 aliphatic carbocycles. The highest BCUT2D eigenvalue weighted by Crippen LogP contribution is 2.32. The van der Waals surface area contributed by atoms with Gasteiger partial charge >= 0.3 is 6.18 Å². The van der Waals surface area contributed by atoms with Crippen molar-refractivity contribution in [1.29, 1.82) is 0 Å². The summed E-state index contributed by atoms with van der Waals surface area (Å²) >= 11 is 5.98. The van der Waals surface area contributed by atoms with Gasteiger partial charge in [0.2, 0.25) is 10.0 Å². The van der Waals surface area contributed by atoms with Crippen LogP contribution in [-0.2, 0) is 27.5 Å². The number of alkyl halides is 3. The number of methoxy groups -OCH3 is 1. The van der Waals surface area contributed by atoms with Crippen LogP contribution in [0.5, 0.6) is 11.5 Å². The summed E-state index contributed by atoms with van der Waals surface area (Å²) in [6, 6.07) is 16.1. The van der Waals surface area contributed by atoms with E-state index < -0.39 is 51.4 Å². The van der Waals surface area contributed by atoms with Crippen molar-refractivity contribution in [2.24, 2.45) is 0 Å². The van der Waals surface area contributed by atoms with Gasteiger partial charge in [0.15, 0.2) is 12.4 Å². The molecule has 1 amide bonds. The zero-order valence-electron chi connectivity index (χ0n) is 23.7. The summed E-state index contributed by atoms with van der Waals surface area (Å²) in [6.45, 7) is 0.990. The highest BCUT2D eigenvalue weighted by atomic mass is 35.5. The second-order valence-electron chi connectivity index (χ2n) is 9.68. The molecule has 0 aliphatic heterocycles. The Morgan fingerprint density at radius 3 is 2.29 bits per heavy atom. The Bertz CT molecular complexity index is 1850. The molecule has 0 unspecified atom stereocenters. The van der Waals surface area contributed by atoms with E-state index >= 15 is 0 Å². The first-order valence-corrected chi connectivity index (χ1v) is 14.9. The van der Waals surface area contributed by atoms with Crippen molar-refractivity contribution in [3.05, 3.63) is 118 Å². The average molecular weight is 665 g/mol. The number of nitrogens with one attached hydrogen (secondary N) is 2. The summed E-state index contributed by atoms with van der Waals surface area (Å²) in [7, 11) is -2.37. The molecule has 14 heteroatoms. The maximum atomic E-state index is 13.9. The Morgan fingerprint density at radius 1 is 0.933 bits per heavy atom. The number of hydrogen-bond donors (Lipinski definition) is 2. The number of rotatable bonds is 11. The van der Waals surface area contributed by atoms with Gasteiger partial charge in [0, 0.05) is 22.8 Å². The lowest BCUT2D eigenvalue weighted by Gasteiger charge is -2.14. The number of ether oxygens (including phenoxy) is 2. The maximum absolute atomic E-state index is 13.9. The van der Waals surface area contributed by atoms with Crippen molar-refractivity contribution in [1.82, 2.24) is 4.72 Å². The molecule has 0 bridgehead atoms. The van der Waals surface area contributed by atoms with Crippen molar-refractivity contribution in [3.63, 3.8) is 0 Å². The molecule has 0 radical (unpaired) electrons. The summed E-state index contributed by atoms with van der Waals surface area (Å²) in [4.78, 5) is 25.7. The fraction of sp³-hybridized carbons (Fsp3) is 0.161. The lowest BCUT2D eigenvalue weighted by molar-refractivity contribution is -0.137. The van der Waals surface area contributed by atoms with Gasteiger partial charge in [-0.15, -0.1) is 0 Å². The van der Waals surface area contributed by atoms with E-state index in [9.17, 15) is 35.6 Å². The molecular formula is C31H25ClF4N2O6S. The van der Waals surface area contributed by atoms with Crippen LogP contribution in [0.25, 0.3) is 0 Å². The Morgan fingerprint density at radius 2 is 1.64 bits per heavy atom. The first kappa shape index (κ1) is 33.4. The SMILES string of the molecule is COc1ccc(CNS(=O)(=O)c2ccc(NC(=O)COc3ccc(Cl)cc3C(=O)c3cc(F)cc(C(F)(F)F)c3)c(C)c2)cc1. The van der Waals surface area contributed by atoms with Crippen molar-refractivity contribution in [2.75, 3.05) is 19.0 Å². The van der Waals surface area contributed by atoms with E-state index in [1.807, 2.05) is 0 Å². The summed E-state index contributed by atoms with van der Waals surface area (Å²) in [5.74, 6) is -2.51. The lowest BCUT2D eigenvalue weighted by atomic mass is 10.00.